The summed E-state index contributed by atoms with van der Waals surface area (Å²) in [5, 5.41) is 2.94. The Morgan fingerprint density at radius 3 is 2.62 bits per heavy atom. The van der Waals surface area contributed by atoms with Gasteiger partial charge < -0.3 is 15.0 Å². The summed E-state index contributed by atoms with van der Waals surface area (Å²) in [6.45, 7) is 0. The number of pyridine rings is 2. The van der Waals surface area contributed by atoms with Crippen LogP contribution in [0.4, 0.5) is 23.2 Å². The molecule has 0 aliphatic heterocycles. The van der Waals surface area contributed by atoms with Crippen LogP contribution < -0.4 is 15.6 Å². The molecule has 0 fully saturated rings. The molecule has 0 spiro atoms. The molecule has 0 aliphatic rings. The van der Waals surface area contributed by atoms with Gasteiger partial charge in [0.05, 0.1) is 21.7 Å². The zero-order valence-electron chi connectivity index (χ0n) is 20.9. The van der Waals surface area contributed by atoms with E-state index in [-0.39, 0.29) is 39.2 Å². The van der Waals surface area contributed by atoms with Gasteiger partial charge in [0.2, 0.25) is 5.88 Å². The minimum Gasteiger partial charge on any atom is -0.435 e. The van der Waals surface area contributed by atoms with Gasteiger partial charge in [-0.15, -0.1) is 0 Å². The number of aromatic amines is 1. The number of halogens is 5. The van der Waals surface area contributed by atoms with E-state index >= 15 is 0 Å². The van der Waals surface area contributed by atoms with E-state index in [9.17, 15) is 27.2 Å². The van der Waals surface area contributed by atoms with Gasteiger partial charge in [0.25, 0.3) is 11.5 Å². The quantitative estimate of drug-likeness (QED) is 0.220. The van der Waals surface area contributed by atoms with Crippen molar-refractivity contribution in [2.24, 2.45) is 0 Å². The Morgan fingerprint density at radius 2 is 1.86 bits per heavy atom. The lowest BCUT2D eigenvalue weighted by Gasteiger charge is -2.15. The largest absolute Gasteiger partial charge is 0.435 e. The summed E-state index contributed by atoms with van der Waals surface area (Å²) >= 11 is 6.17. The first-order chi connectivity index (χ1) is 20.1. The van der Waals surface area contributed by atoms with E-state index in [0.29, 0.717) is 22.5 Å². The van der Waals surface area contributed by atoms with Crippen LogP contribution in [-0.4, -0.2) is 30.4 Å². The van der Waals surface area contributed by atoms with Crippen LogP contribution in [-0.2, 0) is 6.18 Å². The molecule has 210 valence electrons. The number of alkyl halides is 3. The summed E-state index contributed by atoms with van der Waals surface area (Å²) in [7, 11) is 0. The molecule has 9 nitrogen and oxygen atoms in total. The maximum absolute atomic E-state index is 15.0. The lowest BCUT2D eigenvalue weighted by Crippen LogP contribution is -2.29. The molecule has 0 aliphatic carbocycles. The van der Waals surface area contributed by atoms with Crippen molar-refractivity contribution < 1.29 is 27.1 Å². The fraction of sp³-hybridized carbons (Fsp3) is 0.0357. The molecule has 0 unspecified atom stereocenters. The predicted octanol–water partition coefficient (Wildman–Crippen LogP) is 6.51. The first kappa shape index (κ1) is 26.9. The van der Waals surface area contributed by atoms with Crippen LogP contribution in [0, 0.1) is 5.82 Å². The number of anilines is 1. The zero-order valence-corrected chi connectivity index (χ0v) is 21.7. The number of ether oxygens (including phenoxy) is 1. The number of fused-ring (bicyclic) bond motifs is 2. The highest BCUT2D eigenvalue weighted by Gasteiger charge is 2.31. The average Bonchev–Trinajstić information content (AvgIpc) is 3.44. The van der Waals surface area contributed by atoms with E-state index in [2.05, 4.69) is 25.3 Å². The van der Waals surface area contributed by atoms with Crippen molar-refractivity contribution >= 4 is 45.3 Å². The van der Waals surface area contributed by atoms with E-state index in [1.807, 2.05) is 0 Å². The fourth-order valence-electron chi connectivity index (χ4n) is 4.29. The van der Waals surface area contributed by atoms with Crippen LogP contribution in [0.25, 0.3) is 27.8 Å². The van der Waals surface area contributed by atoms with Crippen molar-refractivity contribution in [2.45, 2.75) is 6.18 Å². The fourth-order valence-corrected chi connectivity index (χ4v) is 4.55. The molecule has 42 heavy (non-hydrogen) atoms. The standard InChI is InChI=1S/C28H15ClF4N6O3/c29-19-11-15(28(31,32)33)3-5-21(19)39-24-14(2-1-8-35-24)10-18(27(39)41)25(40)38-16-4-6-22(20(30)12-16)42-26-17-7-9-34-23(17)36-13-37-26/h1-13H,(H,38,40)(H,34,36,37). The van der Waals surface area contributed by atoms with Gasteiger partial charge in [0, 0.05) is 29.5 Å². The molecule has 0 saturated carbocycles. The Hall–Kier alpha value is -5.30. The van der Waals surface area contributed by atoms with Crippen molar-refractivity contribution in [3.05, 3.63) is 112 Å². The van der Waals surface area contributed by atoms with Gasteiger partial charge in [-0.25, -0.2) is 19.3 Å². The first-order valence-corrected chi connectivity index (χ1v) is 12.4. The summed E-state index contributed by atoms with van der Waals surface area (Å²) in [5.41, 5.74) is -1.84. The maximum Gasteiger partial charge on any atom is 0.416 e. The number of rotatable bonds is 5. The van der Waals surface area contributed by atoms with Gasteiger partial charge in [-0.2, -0.15) is 13.2 Å². The van der Waals surface area contributed by atoms with Crippen LogP contribution >= 0.6 is 11.6 Å². The lowest BCUT2D eigenvalue weighted by atomic mass is 10.1. The number of nitrogens with zero attached hydrogens (tertiary/aromatic N) is 4. The number of hydrogen-bond acceptors (Lipinski definition) is 6. The Balaban J connectivity index is 1.34. The number of H-pyrrole nitrogens is 1. The molecule has 14 heteroatoms. The van der Waals surface area contributed by atoms with E-state index in [4.69, 9.17) is 16.3 Å². The highest BCUT2D eigenvalue weighted by molar-refractivity contribution is 6.32. The molecule has 0 atom stereocenters. The van der Waals surface area contributed by atoms with Gasteiger partial charge in [0.15, 0.2) is 11.6 Å². The van der Waals surface area contributed by atoms with Crippen molar-refractivity contribution in [2.75, 3.05) is 5.32 Å². The SMILES string of the molecule is O=C(Nc1ccc(Oc2ncnc3[nH]ccc23)c(F)c1)c1cc2cccnc2n(-c2ccc(C(F)(F)F)cc2Cl)c1=O. The number of nitrogens with one attached hydrogen (secondary N) is 2. The minimum atomic E-state index is -4.66. The zero-order chi connectivity index (χ0) is 29.6. The number of hydrogen-bond donors (Lipinski definition) is 2. The van der Waals surface area contributed by atoms with E-state index in [1.165, 1.54) is 30.7 Å². The molecule has 4 aromatic heterocycles. The maximum atomic E-state index is 15.0. The minimum absolute atomic E-state index is 0.00382. The second-order valence-electron chi connectivity index (χ2n) is 8.90. The second-order valence-corrected chi connectivity index (χ2v) is 9.31. The molecule has 0 saturated heterocycles. The summed E-state index contributed by atoms with van der Waals surface area (Å²) in [5.74, 6) is -1.79. The Morgan fingerprint density at radius 1 is 1.02 bits per heavy atom. The van der Waals surface area contributed by atoms with Crippen LogP contribution in [0.1, 0.15) is 15.9 Å². The lowest BCUT2D eigenvalue weighted by molar-refractivity contribution is -0.137. The van der Waals surface area contributed by atoms with Gasteiger partial charge in [-0.3, -0.25) is 14.2 Å². The molecule has 1 amide bonds. The number of amides is 1. The third-order valence-corrected chi connectivity index (χ3v) is 6.54. The Bertz CT molecular complexity index is 2080. The molecule has 4 heterocycles. The predicted molar refractivity (Wildman–Crippen MR) is 146 cm³/mol. The molecule has 0 bridgehead atoms. The van der Waals surface area contributed by atoms with Gasteiger partial charge in [-0.1, -0.05) is 11.6 Å². The van der Waals surface area contributed by atoms with Gasteiger partial charge in [0.1, 0.15) is 23.2 Å². The first-order valence-electron chi connectivity index (χ1n) is 12.0. The van der Waals surface area contributed by atoms with Gasteiger partial charge in [-0.05, 0) is 54.6 Å². The summed E-state index contributed by atoms with van der Waals surface area (Å²) in [6, 6.07) is 12.2. The molecule has 6 aromatic rings. The molecule has 2 N–H and O–H groups in total. The van der Waals surface area contributed by atoms with E-state index in [0.717, 1.165) is 22.8 Å². The van der Waals surface area contributed by atoms with Crippen molar-refractivity contribution in [3.8, 4) is 17.3 Å². The third kappa shape index (κ3) is 4.90. The Kier molecular flexibility index (Phi) is 6.58. The van der Waals surface area contributed by atoms with Crippen LogP contribution in [0.5, 0.6) is 11.6 Å². The van der Waals surface area contributed by atoms with Crippen molar-refractivity contribution in [1.82, 2.24) is 24.5 Å². The van der Waals surface area contributed by atoms with Crippen molar-refractivity contribution in [3.63, 3.8) is 0 Å². The third-order valence-electron chi connectivity index (χ3n) is 6.24. The summed E-state index contributed by atoms with van der Waals surface area (Å²) in [6.07, 6.45) is -0.396. The van der Waals surface area contributed by atoms with E-state index in [1.54, 1.807) is 24.4 Å². The normalized spacial score (nSPS) is 11.6. The molecule has 2 aromatic carbocycles. The summed E-state index contributed by atoms with van der Waals surface area (Å²) < 4.78 is 61.1. The second kappa shape index (κ2) is 10.3. The van der Waals surface area contributed by atoms with Crippen molar-refractivity contribution in [1.29, 1.82) is 0 Å². The highest BCUT2D eigenvalue weighted by Crippen LogP contribution is 2.34. The molecule has 6 rings (SSSR count). The highest BCUT2D eigenvalue weighted by atomic mass is 35.5. The van der Waals surface area contributed by atoms with Crippen LogP contribution in [0.3, 0.4) is 0 Å². The molecular formula is C28H15ClF4N6O3. The number of carbonyl (C=O) groups excluding carboxylic acids is 1. The van der Waals surface area contributed by atoms with Crippen LogP contribution in [0.2, 0.25) is 5.02 Å². The monoisotopic (exact) mass is 594 g/mol. The smallest absolute Gasteiger partial charge is 0.416 e. The van der Waals surface area contributed by atoms with E-state index < -0.39 is 29.0 Å². The number of carbonyl (C=O) groups is 1. The average molecular weight is 595 g/mol. The summed E-state index contributed by atoms with van der Waals surface area (Å²) in [4.78, 5) is 41.9. The molecule has 0 radical (unpaired) electrons. The number of benzene rings is 2. The van der Waals surface area contributed by atoms with Gasteiger partial charge >= 0.3 is 6.18 Å². The number of aromatic nitrogens is 5. The Labute approximate surface area is 237 Å². The molecular weight excluding hydrogens is 580 g/mol. The topological polar surface area (TPSA) is 115 Å². The van der Waals surface area contributed by atoms with Crippen LogP contribution in [0.15, 0.2) is 84.2 Å².